The molecule has 2 rings (SSSR count). The monoisotopic (exact) mass is 304 g/mol. The minimum Gasteiger partial charge on any atom is -0.316 e. The van der Waals surface area contributed by atoms with Gasteiger partial charge in [0.05, 0.1) is 11.4 Å². The van der Waals surface area contributed by atoms with Crippen LogP contribution in [0.1, 0.15) is 11.1 Å². The summed E-state index contributed by atoms with van der Waals surface area (Å²) in [5, 5.41) is 3.06. The Bertz CT molecular complexity index is 684. The van der Waals surface area contributed by atoms with E-state index >= 15 is 0 Å². The maximum atomic E-state index is 12.5. The lowest BCUT2D eigenvalue weighted by atomic mass is 10.1. The molecule has 1 N–H and O–H groups in total. The molecule has 0 fully saturated rings. The quantitative estimate of drug-likeness (QED) is 0.891. The molecule has 0 saturated heterocycles. The summed E-state index contributed by atoms with van der Waals surface area (Å²) in [7, 11) is 0.0679. The summed E-state index contributed by atoms with van der Waals surface area (Å²) in [5.74, 6) is -0.00402. The van der Waals surface area contributed by atoms with Gasteiger partial charge in [-0.2, -0.15) is 0 Å². The van der Waals surface area contributed by atoms with Crippen molar-refractivity contribution in [3.63, 3.8) is 0 Å². The van der Waals surface area contributed by atoms with Crippen LogP contribution >= 0.6 is 0 Å². The van der Waals surface area contributed by atoms with Crippen molar-refractivity contribution >= 4 is 15.7 Å². The first-order valence-corrected chi connectivity index (χ1v) is 8.38. The minimum atomic E-state index is -3.39. The molecule has 4 nitrogen and oxygen atoms in total. The Morgan fingerprint density at radius 2 is 1.67 bits per heavy atom. The molecule has 0 radical (unpaired) electrons. The van der Waals surface area contributed by atoms with Gasteiger partial charge in [-0.15, -0.1) is 0 Å². The molecule has 0 aliphatic heterocycles. The average Bonchev–Trinajstić information content (AvgIpc) is 2.47. The number of benzene rings is 2. The first-order valence-electron chi connectivity index (χ1n) is 6.77. The second-order valence-corrected chi connectivity index (χ2v) is 6.91. The average molecular weight is 304 g/mol. The Balaban J connectivity index is 2.19. The molecule has 0 amide bonds. The standard InChI is InChI=1S/C16H20N2O2S/c1-17-12-14-7-6-8-15(11-14)13-21(19,20)18(2)16-9-4-3-5-10-16/h3-11,17H,12-13H2,1-2H3. The topological polar surface area (TPSA) is 49.4 Å². The Morgan fingerprint density at radius 1 is 1.00 bits per heavy atom. The molecule has 0 atom stereocenters. The third-order valence-electron chi connectivity index (χ3n) is 3.26. The van der Waals surface area contributed by atoms with Crippen LogP contribution in [0.2, 0.25) is 0 Å². The van der Waals surface area contributed by atoms with Gasteiger partial charge in [0, 0.05) is 13.6 Å². The van der Waals surface area contributed by atoms with Gasteiger partial charge in [0.1, 0.15) is 0 Å². The van der Waals surface area contributed by atoms with E-state index in [2.05, 4.69) is 5.32 Å². The zero-order valence-corrected chi connectivity index (χ0v) is 13.1. The normalized spacial score (nSPS) is 11.3. The van der Waals surface area contributed by atoms with Gasteiger partial charge in [-0.3, -0.25) is 4.31 Å². The van der Waals surface area contributed by atoms with Crippen LogP contribution in [0.3, 0.4) is 0 Å². The van der Waals surface area contributed by atoms with Crippen LogP contribution in [-0.2, 0) is 22.3 Å². The van der Waals surface area contributed by atoms with E-state index < -0.39 is 10.0 Å². The lowest BCUT2D eigenvalue weighted by Crippen LogP contribution is -2.27. The number of hydrogen-bond acceptors (Lipinski definition) is 3. The number of hydrogen-bond donors (Lipinski definition) is 1. The van der Waals surface area contributed by atoms with Crippen molar-refractivity contribution in [2.75, 3.05) is 18.4 Å². The third kappa shape index (κ3) is 4.06. The van der Waals surface area contributed by atoms with E-state index in [0.717, 1.165) is 17.7 Å². The number of anilines is 1. The molecular formula is C16H20N2O2S. The molecule has 2 aromatic rings. The molecule has 0 spiro atoms. The van der Waals surface area contributed by atoms with Gasteiger partial charge < -0.3 is 5.32 Å². The van der Waals surface area contributed by atoms with E-state index in [-0.39, 0.29) is 5.75 Å². The summed E-state index contributed by atoms with van der Waals surface area (Å²) < 4.78 is 26.3. The van der Waals surface area contributed by atoms with E-state index in [1.54, 1.807) is 19.2 Å². The summed E-state index contributed by atoms with van der Waals surface area (Å²) in [6, 6.07) is 16.7. The van der Waals surface area contributed by atoms with Gasteiger partial charge in [0.15, 0.2) is 0 Å². The number of sulfonamides is 1. The molecule has 2 aromatic carbocycles. The lowest BCUT2D eigenvalue weighted by Gasteiger charge is -2.19. The summed E-state index contributed by atoms with van der Waals surface area (Å²) in [4.78, 5) is 0. The molecular weight excluding hydrogens is 284 g/mol. The van der Waals surface area contributed by atoms with Gasteiger partial charge in [0.25, 0.3) is 0 Å². The van der Waals surface area contributed by atoms with Crippen molar-refractivity contribution < 1.29 is 8.42 Å². The molecule has 0 aromatic heterocycles. The largest absolute Gasteiger partial charge is 0.316 e. The molecule has 21 heavy (non-hydrogen) atoms. The lowest BCUT2D eigenvalue weighted by molar-refractivity contribution is 0.593. The number of rotatable bonds is 6. The van der Waals surface area contributed by atoms with Crippen molar-refractivity contribution in [3.05, 3.63) is 65.7 Å². The van der Waals surface area contributed by atoms with Crippen molar-refractivity contribution in [1.29, 1.82) is 0 Å². The molecule has 0 aliphatic carbocycles. The first kappa shape index (κ1) is 15.5. The van der Waals surface area contributed by atoms with Crippen LogP contribution in [0, 0.1) is 0 Å². The van der Waals surface area contributed by atoms with Crippen LogP contribution in [0.25, 0.3) is 0 Å². The number of nitrogens with zero attached hydrogens (tertiary/aromatic N) is 1. The zero-order chi connectivity index (χ0) is 15.3. The van der Waals surface area contributed by atoms with E-state index in [4.69, 9.17) is 0 Å². The summed E-state index contributed by atoms with van der Waals surface area (Å²) >= 11 is 0. The Morgan fingerprint density at radius 3 is 2.33 bits per heavy atom. The summed E-state index contributed by atoms with van der Waals surface area (Å²) in [6.45, 7) is 0.725. The van der Waals surface area contributed by atoms with Crippen LogP contribution < -0.4 is 9.62 Å². The Labute approximate surface area is 126 Å². The summed E-state index contributed by atoms with van der Waals surface area (Å²) in [5.41, 5.74) is 2.54. The predicted octanol–water partition coefficient (Wildman–Crippen LogP) is 2.37. The fourth-order valence-electron chi connectivity index (χ4n) is 2.14. The smallest absolute Gasteiger partial charge is 0.239 e. The first-order chi connectivity index (χ1) is 10.0. The molecule has 0 aliphatic rings. The zero-order valence-electron chi connectivity index (χ0n) is 12.3. The minimum absolute atomic E-state index is 0.00402. The highest BCUT2D eigenvalue weighted by molar-refractivity contribution is 7.92. The van der Waals surface area contributed by atoms with Crippen LogP contribution in [0.15, 0.2) is 54.6 Å². The van der Waals surface area contributed by atoms with E-state index in [1.165, 1.54) is 4.31 Å². The fourth-order valence-corrected chi connectivity index (χ4v) is 3.38. The molecule has 0 unspecified atom stereocenters. The second-order valence-electron chi connectivity index (χ2n) is 4.91. The van der Waals surface area contributed by atoms with E-state index in [9.17, 15) is 8.42 Å². The Hall–Kier alpha value is -1.85. The van der Waals surface area contributed by atoms with Crippen molar-refractivity contribution in [2.24, 2.45) is 0 Å². The molecule has 5 heteroatoms. The highest BCUT2D eigenvalue weighted by Crippen LogP contribution is 2.19. The van der Waals surface area contributed by atoms with E-state index in [1.807, 2.05) is 49.5 Å². The molecule has 0 heterocycles. The SMILES string of the molecule is CNCc1cccc(CS(=O)(=O)N(C)c2ccccc2)c1. The van der Waals surface area contributed by atoms with Gasteiger partial charge in [-0.1, -0.05) is 42.5 Å². The second kappa shape index (κ2) is 6.74. The van der Waals surface area contributed by atoms with Crippen molar-refractivity contribution in [3.8, 4) is 0 Å². The highest BCUT2D eigenvalue weighted by atomic mass is 32.2. The maximum Gasteiger partial charge on any atom is 0.239 e. The van der Waals surface area contributed by atoms with Gasteiger partial charge in [-0.05, 0) is 30.3 Å². The van der Waals surface area contributed by atoms with Crippen LogP contribution in [-0.4, -0.2) is 22.5 Å². The van der Waals surface area contributed by atoms with Crippen LogP contribution in [0.5, 0.6) is 0 Å². The van der Waals surface area contributed by atoms with Crippen LogP contribution in [0.4, 0.5) is 5.69 Å². The van der Waals surface area contributed by atoms with Crippen molar-refractivity contribution in [2.45, 2.75) is 12.3 Å². The van der Waals surface area contributed by atoms with E-state index in [0.29, 0.717) is 5.69 Å². The summed E-state index contributed by atoms with van der Waals surface area (Å²) in [6.07, 6.45) is 0. The molecule has 112 valence electrons. The maximum absolute atomic E-state index is 12.5. The number of nitrogens with one attached hydrogen (secondary N) is 1. The van der Waals surface area contributed by atoms with Gasteiger partial charge in [0.2, 0.25) is 10.0 Å². The predicted molar refractivity (Wildman–Crippen MR) is 86.7 cm³/mol. The van der Waals surface area contributed by atoms with Crippen molar-refractivity contribution in [1.82, 2.24) is 5.32 Å². The molecule has 0 saturated carbocycles. The Kier molecular flexibility index (Phi) is 4.98. The number of para-hydroxylation sites is 1. The highest BCUT2D eigenvalue weighted by Gasteiger charge is 2.18. The van der Waals surface area contributed by atoms with Gasteiger partial charge >= 0.3 is 0 Å². The van der Waals surface area contributed by atoms with Gasteiger partial charge in [-0.25, -0.2) is 8.42 Å². The molecule has 0 bridgehead atoms. The fraction of sp³-hybridized carbons (Fsp3) is 0.250. The third-order valence-corrected chi connectivity index (χ3v) is 5.00.